The first-order valence-corrected chi connectivity index (χ1v) is 6.31. The highest BCUT2D eigenvalue weighted by molar-refractivity contribution is 5.93. The number of alkyl halides is 3. The van der Waals surface area contributed by atoms with E-state index in [1.807, 2.05) is 0 Å². The Kier molecular flexibility index (Phi) is 4.57. The van der Waals surface area contributed by atoms with Crippen LogP contribution in [-0.2, 0) is 12.6 Å². The first-order valence-electron chi connectivity index (χ1n) is 6.31. The Labute approximate surface area is 119 Å². The standard InChI is InChI=1S/C15H13F3N2O/c16-15(17,18)13-3-1-2-11(10-13)4-9-20-14(21)12-5-7-19-8-6-12/h1-3,5-8,10H,4,9H2,(H,20,21). The Balaban J connectivity index is 1.91. The summed E-state index contributed by atoms with van der Waals surface area (Å²) in [7, 11) is 0. The molecular weight excluding hydrogens is 281 g/mol. The molecule has 3 nitrogen and oxygen atoms in total. The molecule has 0 aliphatic carbocycles. The molecule has 1 aromatic carbocycles. The number of rotatable bonds is 4. The number of carbonyl (C=O) groups excluding carboxylic acids is 1. The number of benzene rings is 1. The third kappa shape index (κ3) is 4.30. The van der Waals surface area contributed by atoms with E-state index >= 15 is 0 Å². The third-order valence-corrected chi connectivity index (χ3v) is 2.90. The van der Waals surface area contributed by atoms with Crippen LogP contribution in [0, 0.1) is 0 Å². The number of amides is 1. The summed E-state index contributed by atoms with van der Waals surface area (Å²) in [5.41, 5.74) is 0.314. The van der Waals surface area contributed by atoms with Crippen LogP contribution in [-0.4, -0.2) is 17.4 Å². The summed E-state index contributed by atoms with van der Waals surface area (Å²) in [5.74, 6) is -0.274. The predicted molar refractivity (Wildman–Crippen MR) is 71.7 cm³/mol. The van der Waals surface area contributed by atoms with Gasteiger partial charge in [-0.2, -0.15) is 13.2 Å². The van der Waals surface area contributed by atoms with Gasteiger partial charge in [0.05, 0.1) is 5.56 Å². The number of nitrogens with one attached hydrogen (secondary N) is 1. The molecule has 1 N–H and O–H groups in total. The molecule has 110 valence electrons. The molecule has 0 atom stereocenters. The molecule has 21 heavy (non-hydrogen) atoms. The second-order valence-corrected chi connectivity index (χ2v) is 4.44. The van der Waals surface area contributed by atoms with Crippen LogP contribution in [0.3, 0.4) is 0 Å². The zero-order valence-corrected chi connectivity index (χ0v) is 11.0. The summed E-state index contributed by atoms with van der Waals surface area (Å²) in [5, 5.41) is 2.66. The van der Waals surface area contributed by atoms with Crippen LogP contribution < -0.4 is 5.32 Å². The van der Waals surface area contributed by atoms with Gasteiger partial charge in [-0.25, -0.2) is 0 Å². The average Bonchev–Trinajstić information content (AvgIpc) is 2.47. The van der Waals surface area contributed by atoms with E-state index in [1.54, 1.807) is 18.2 Å². The minimum atomic E-state index is -4.35. The Morgan fingerprint density at radius 3 is 2.52 bits per heavy atom. The normalized spacial score (nSPS) is 11.2. The number of halogens is 3. The van der Waals surface area contributed by atoms with E-state index in [4.69, 9.17) is 0 Å². The maximum atomic E-state index is 12.6. The van der Waals surface area contributed by atoms with Crippen LogP contribution in [0.5, 0.6) is 0 Å². The Hall–Kier alpha value is -2.37. The van der Waals surface area contributed by atoms with Crippen LogP contribution in [0.1, 0.15) is 21.5 Å². The molecule has 0 aliphatic heterocycles. The Morgan fingerprint density at radius 1 is 1.14 bits per heavy atom. The van der Waals surface area contributed by atoms with Gasteiger partial charge in [0.1, 0.15) is 0 Å². The van der Waals surface area contributed by atoms with Gasteiger partial charge < -0.3 is 5.32 Å². The SMILES string of the molecule is O=C(NCCc1cccc(C(F)(F)F)c1)c1ccncc1. The predicted octanol–water partition coefficient (Wildman–Crippen LogP) is 3.07. The minimum absolute atomic E-state index is 0.266. The average molecular weight is 294 g/mol. The fourth-order valence-corrected chi connectivity index (χ4v) is 1.83. The van der Waals surface area contributed by atoms with Crippen LogP contribution in [0.25, 0.3) is 0 Å². The highest BCUT2D eigenvalue weighted by Crippen LogP contribution is 2.29. The molecule has 2 rings (SSSR count). The second-order valence-electron chi connectivity index (χ2n) is 4.44. The fourth-order valence-electron chi connectivity index (χ4n) is 1.83. The van der Waals surface area contributed by atoms with Gasteiger partial charge >= 0.3 is 6.18 Å². The van der Waals surface area contributed by atoms with Crippen molar-refractivity contribution in [3.63, 3.8) is 0 Å². The van der Waals surface area contributed by atoms with Crippen LogP contribution in [0.4, 0.5) is 13.2 Å². The van der Waals surface area contributed by atoms with Gasteiger partial charge in [-0.3, -0.25) is 9.78 Å². The molecule has 0 saturated heterocycles. The summed E-state index contributed by atoms with van der Waals surface area (Å²) >= 11 is 0. The molecule has 1 aromatic heterocycles. The number of pyridine rings is 1. The van der Waals surface area contributed by atoms with Crippen molar-refractivity contribution in [2.75, 3.05) is 6.54 Å². The molecule has 1 amide bonds. The molecule has 0 spiro atoms. The van der Waals surface area contributed by atoms with Crippen LogP contribution in [0.15, 0.2) is 48.8 Å². The zero-order valence-electron chi connectivity index (χ0n) is 11.0. The van der Waals surface area contributed by atoms with Crippen molar-refractivity contribution in [1.29, 1.82) is 0 Å². The molecule has 0 aliphatic rings. The van der Waals surface area contributed by atoms with Crippen molar-refractivity contribution < 1.29 is 18.0 Å². The minimum Gasteiger partial charge on any atom is -0.352 e. The van der Waals surface area contributed by atoms with Gasteiger partial charge in [0, 0.05) is 24.5 Å². The van der Waals surface area contributed by atoms with Gasteiger partial charge in [-0.1, -0.05) is 18.2 Å². The van der Waals surface area contributed by atoms with E-state index in [9.17, 15) is 18.0 Å². The lowest BCUT2D eigenvalue weighted by atomic mass is 10.1. The monoisotopic (exact) mass is 294 g/mol. The van der Waals surface area contributed by atoms with Crippen molar-refractivity contribution in [3.05, 3.63) is 65.5 Å². The molecule has 0 radical (unpaired) electrons. The second kappa shape index (κ2) is 6.39. The first kappa shape index (κ1) is 15.0. The summed E-state index contributed by atoms with van der Waals surface area (Å²) in [6.07, 6.45) is -1.01. The Morgan fingerprint density at radius 2 is 1.86 bits per heavy atom. The summed E-state index contributed by atoms with van der Waals surface area (Å²) in [4.78, 5) is 15.5. The zero-order chi connectivity index (χ0) is 15.3. The highest BCUT2D eigenvalue weighted by Gasteiger charge is 2.30. The van der Waals surface area contributed by atoms with Gasteiger partial charge in [0.15, 0.2) is 0 Å². The van der Waals surface area contributed by atoms with E-state index in [1.165, 1.54) is 18.5 Å². The number of carbonyl (C=O) groups is 1. The van der Waals surface area contributed by atoms with Crippen molar-refractivity contribution in [2.45, 2.75) is 12.6 Å². The van der Waals surface area contributed by atoms with Crippen LogP contribution >= 0.6 is 0 Å². The lowest BCUT2D eigenvalue weighted by Crippen LogP contribution is -2.25. The highest BCUT2D eigenvalue weighted by atomic mass is 19.4. The van der Waals surface area contributed by atoms with E-state index in [-0.39, 0.29) is 12.5 Å². The molecule has 0 bridgehead atoms. The van der Waals surface area contributed by atoms with Gasteiger partial charge in [0.25, 0.3) is 5.91 Å². The molecule has 1 heterocycles. The number of hydrogen-bond acceptors (Lipinski definition) is 2. The van der Waals surface area contributed by atoms with Gasteiger partial charge in [0.2, 0.25) is 0 Å². The maximum Gasteiger partial charge on any atom is 0.416 e. The Bertz CT molecular complexity index is 612. The number of nitrogens with zero attached hydrogens (tertiary/aromatic N) is 1. The summed E-state index contributed by atoms with van der Waals surface area (Å²) in [6.45, 7) is 0.266. The van der Waals surface area contributed by atoms with Gasteiger partial charge in [-0.15, -0.1) is 0 Å². The van der Waals surface area contributed by atoms with E-state index in [0.29, 0.717) is 17.5 Å². The van der Waals surface area contributed by atoms with E-state index in [2.05, 4.69) is 10.3 Å². The molecule has 6 heteroatoms. The quantitative estimate of drug-likeness (QED) is 0.941. The molecule has 0 unspecified atom stereocenters. The van der Waals surface area contributed by atoms with Crippen molar-refractivity contribution in [3.8, 4) is 0 Å². The maximum absolute atomic E-state index is 12.6. The lowest BCUT2D eigenvalue weighted by Gasteiger charge is -2.09. The summed E-state index contributed by atoms with van der Waals surface area (Å²) < 4.78 is 37.7. The smallest absolute Gasteiger partial charge is 0.352 e. The van der Waals surface area contributed by atoms with Crippen molar-refractivity contribution >= 4 is 5.91 Å². The topological polar surface area (TPSA) is 42.0 Å². The van der Waals surface area contributed by atoms with E-state index in [0.717, 1.165) is 12.1 Å². The number of hydrogen-bond donors (Lipinski definition) is 1. The third-order valence-electron chi connectivity index (χ3n) is 2.90. The summed E-state index contributed by atoms with van der Waals surface area (Å²) in [6, 6.07) is 8.23. The lowest BCUT2D eigenvalue weighted by molar-refractivity contribution is -0.137. The fraction of sp³-hybridized carbons (Fsp3) is 0.200. The van der Waals surface area contributed by atoms with Gasteiger partial charge in [-0.05, 0) is 30.2 Å². The van der Waals surface area contributed by atoms with Crippen molar-refractivity contribution in [2.24, 2.45) is 0 Å². The van der Waals surface area contributed by atoms with Crippen molar-refractivity contribution in [1.82, 2.24) is 10.3 Å². The van der Waals surface area contributed by atoms with Crippen LogP contribution in [0.2, 0.25) is 0 Å². The molecule has 0 saturated carbocycles. The molecular formula is C15H13F3N2O. The first-order chi connectivity index (χ1) is 9.97. The number of aromatic nitrogens is 1. The largest absolute Gasteiger partial charge is 0.416 e. The van der Waals surface area contributed by atoms with E-state index < -0.39 is 11.7 Å². The molecule has 0 fully saturated rings. The molecule has 2 aromatic rings.